The maximum atomic E-state index is 16.1. The Bertz CT molecular complexity index is 2010. The van der Waals surface area contributed by atoms with E-state index in [4.69, 9.17) is 4.98 Å². The van der Waals surface area contributed by atoms with Gasteiger partial charge in [-0.15, -0.1) is 0 Å². The summed E-state index contributed by atoms with van der Waals surface area (Å²) in [5.41, 5.74) is 8.01. The second kappa shape index (κ2) is 8.20. The number of halogens is 2. The lowest BCUT2D eigenvalue weighted by Crippen LogP contribution is -2.21. The van der Waals surface area contributed by atoms with Crippen LogP contribution in [-0.4, -0.2) is 26.5 Å². The Balaban J connectivity index is 0.958. The standard InChI is InChI=1S/C35H30F2N6/c36-35(37)25-12-18(19-4-8-27-28(14-19)42-33(41-27)31-21-1-5-22(11-21)40-31)2-6-23(25)24-7-3-20(13-26(24)35)30-16-38-32(43-30)29-15-34(9-10-34)17-39-29/h2-8,12-14,16,21,29,31,39-40H,1,9-11,15,17H2,(H,38,43)(H,41,42)/t21?,29-,31?/m0/s1. The highest BCUT2D eigenvalue weighted by molar-refractivity contribution is 5.87. The molecule has 1 spiro atoms. The van der Waals surface area contributed by atoms with Crippen molar-refractivity contribution in [3.8, 4) is 33.5 Å². The van der Waals surface area contributed by atoms with Gasteiger partial charge in [0.25, 0.3) is 5.92 Å². The molecule has 3 aromatic carbocycles. The fraction of sp³-hybridized carbons (Fsp3) is 0.314. The average Bonchev–Trinajstić information content (AvgIpc) is 3.68. The largest absolute Gasteiger partial charge is 0.379 e. The van der Waals surface area contributed by atoms with E-state index in [2.05, 4.69) is 31.7 Å². The smallest absolute Gasteiger partial charge is 0.299 e. The van der Waals surface area contributed by atoms with Gasteiger partial charge >= 0.3 is 0 Å². The van der Waals surface area contributed by atoms with Crippen LogP contribution in [0.25, 0.3) is 44.5 Å². The van der Waals surface area contributed by atoms with Crippen LogP contribution in [0.5, 0.6) is 0 Å². The number of hydrogen-bond donors (Lipinski definition) is 4. The van der Waals surface area contributed by atoms with E-state index in [1.165, 1.54) is 18.5 Å². The average molecular weight is 573 g/mol. The molecule has 2 aliphatic heterocycles. The Morgan fingerprint density at radius 3 is 2.35 bits per heavy atom. The summed E-state index contributed by atoms with van der Waals surface area (Å²) in [6.07, 6.45) is 9.87. The molecule has 2 saturated heterocycles. The van der Waals surface area contributed by atoms with Crippen LogP contribution >= 0.6 is 0 Å². The van der Waals surface area contributed by atoms with Gasteiger partial charge in [-0.05, 0) is 90.0 Å². The Kier molecular flexibility index (Phi) is 4.61. The number of fused-ring (bicyclic) bond motifs is 6. The number of H-pyrrole nitrogens is 2. The maximum Gasteiger partial charge on any atom is 0.299 e. The molecular weight excluding hydrogens is 542 g/mol. The van der Waals surface area contributed by atoms with Gasteiger partial charge in [-0.2, -0.15) is 8.78 Å². The quantitative estimate of drug-likeness (QED) is 0.180. The molecule has 4 heterocycles. The minimum atomic E-state index is -3.10. The first-order valence-electron chi connectivity index (χ1n) is 15.3. The Morgan fingerprint density at radius 1 is 0.837 bits per heavy atom. The van der Waals surface area contributed by atoms with Gasteiger partial charge < -0.3 is 20.6 Å². The van der Waals surface area contributed by atoms with Crippen molar-refractivity contribution < 1.29 is 8.78 Å². The molecule has 3 fully saturated rings. The molecule has 43 heavy (non-hydrogen) atoms. The molecule has 10 rings (SSSR count). The molecule has 2 unspecified atom stereocenters. The minimum Gasteiger partial charge on any atom is -0.379 e. The number of benzene rings is 3. The van der Waals surface area contributed by atoms with Gasteiger partial charge in [0.1, 0.15) is 11.6 Å². The molecule has 1 saturated carbocycles. The number of aromatic amines is 2. The molecule has 6 nitrogen and oxygen atoms in total. The number of rotatable bonds is 4. The first-order valence-corrected chi connectivity index (χ1v) is 15.3. The summed E-state index contributed by atoms with van der Waals surface area (Å²) in [5, 5.41) is 7.15. The fourth-order valence-corrected chi connectivity index (χ4v) is 7.98. The summed E-state index contributed by atoms with van der Waals surface area (Å²) in [4.78, 5) is 16.4. The molecule has 214 valence electrons. The number of aromatic nitrogens is 4. The van der Waals surface area contributed by atoms with Gasteiger partial charge in [0.15, 0.2) is 0 Å². The van der Waals surface area contributed by atoms with E-state index in [1.54, 1.807) is 18.3 Å². The predicted octanol–water partition coefficient (Wildman–Crippen LogP) is 7.49. The van der Waals surface area contributed by atoms with Crippen molar-refractivity contribution in [3.63, 3.8) is 0 Å². The highest BCUT2D eigenvalue weighted by atomic mass is 19.3. The first kappa shape index (κ1) is 24.2. The molecule has 3 aliphatic carbocycles. The maximum absolute atomic E-state index is 16.1. The van der Waals surface area contributed by atoms with Crippen molar-refractivity contribution in [1.82, 2.24) is 30.6 Å². The summed E-state index contributed by atoms with van der Waals surface area (Å²) in [5.74, 6) is -0.712. The van der Waals surface area contributed by atoms with Gasteiger partial charge in [-0.3, -0.25) is 0 Å². The van der Waals surface area contributed by atoms with Crippen molar-refractivity contribution in [1.29, 1.82) is 0 Å². The Labute approximate surface area is 247 Å². The number of imidazole rings is 2. The predicted molar refractivity (Wildman–Crippen MR) is 161 cm³/mol. The van der Waals surface area contributed by atoms with Gasteiger partial charge in [-0.25, -0.2) is 9.97 Å². The summed E-state index contributed by atoms with van der Waals surface area (Å²) in [6, 6.07) is 17.2. The van der Waals surface area contributed by atoms with Crippen LogP contribution in [0.1, 0.15) is 67.0 Å². The van der Waals surface area contributed by atoms with E-state index in [0.29, 0.717) is 22.5 Å². The highest BCUT2D eigenvalue weighted by Gasteiger charge is 2.49. The zero-order valence-electron chi connectivity index (χ0n) is 23.5. The third-order valence-corrected chi connectivity index (χ3v) is 10.6. The monoisotopic (exact) mass is 572 g/mol. The lowest BCUT2D eigenvalue weighted by Gasteiger charge is -2.17. The van der Waals surface area contributed by atoms with E-state index in [1.807, 2.05) is 42.5 Å². The van der Waals surface area contributed by atoms with E-state index in [9.17, 15) is 0 Å². The van der Waals surface area contributed by atoms with E-state index < -0.39 is 5.92 Å². The molecule has 4 N–H and O–H groups in total. The molecule has 5 aromatic rings. The van der Waals surface area contributed by atoms with E-state index in [-0.39, 0.29) is 23.2 Å². The zero-order valence-corrected chi connectivity index (χ0v) is 23.5. The topological polar surface area (TPSA) is 81.4 Å². The molecule has 2 aromatic heterocycles. The van der Waals surface area contributed by atoms with Crippen molar-refractivity contribution in [2.45, 2.75) is 50.1 Å². The van der Waals surface area contributed by atoms with Gasteiger partial charge in [0.05, 0.1) is 35.0 Å². The van der Waals surface area contributed by atoms with Crippen LogP contribution in [0.4, 0.5) is 8.78 Å². The van der Waals surface area contributed by atoms with Crippen molar-refractivity contribution in [2.24, 2.45) is 11.3 Å². The number of alkyl halides is 2. The van der Waals surface area contributed by atoms with Crippen molar-refractivity contribution >= 4 is 11.0 Å². The molecule has 5 aliphatic rings. The van der Waals surface area contributed by atoms with E-state index in [0.717, 1.165) is 70.9 Å². The molecule has 3 atom stereocenters. The summed E-state index contributed by atoms with van der Waals surface area (Å²) in [6.45, 7) is 1.03. The molecular formula is C35H30F2N6. The summed E-state index contributed by atoms with van der Waals surface area (Å²) in [7, 11) is 0. The molecule has 0 amide bonds. The first-order chi connectivity index (χ1) is 20.9. The third-order valence-electron chi connectivity index (χ3n) is 10.6. The number of nitrogens with zero attached hydrogens (tertiary/aromatic N) is 2. The molecule has 2 bridgehead atoms. The SMILES string of the molecule is FC1(F)c2cc(-c3ccc4nc(C5NC6=CCC5C6)[nH]c4c3)ccc2-c2ccc(-c3cnc([C@@H]4CC5(CC5)CN4)[nH]3)cc21. The second-order valence-corrected chi connectivity index (χ2v) is 13.3. The molecule has 8 heteroatoms. The lowest BCUT2D eigenvalue weighted by atomic mass is 9.98. The van der Waals surface area contributed by atoms with Crippen LogP contribution in [0.2, 0.25) is 0 Å². The number of allylic oxidation sites excluding steroid dienone is 2. The van der Waals surface area contributed by atoms with Gasteiger partial charge in [-0.1, -0.05) is 36.4 Å². The fourth-order valence-electron chi connectivity index (χ4n) is 7.98. The van der Waals surface area contributed by atoms with Crippen molar-refractivity contribution in [2.75, 3.05) is 6.54 Å². The third kappa shape index (κ3) is 3.53. The van der Waals surface area contributed by atoms with Crippen LogP contribution in [0.3, 0.4) is 0 Å². The van der Waals surface area contributed by atoms with Gasteiger partial charge in [0.2, 0.25) is 0 Å². The van der Waals surface area contributed by atoms with E-state index >= 15 is 8.78 Å². The molecule has 0 radical (unpaired) electrons. The zero-order chi connectivity index (χ0) is 28.5. The normalized spacial score (nSPS) is 25.3. The Hall–Kier alpha value is -4.30. The van der Waals surface area contributed by atoms with Crippen LogP contribution < -0.4 is 10.6 Å². The Morgan fingerprint density at radius 2 is 1.60 bits per heavy atom. The highest BCUT2D eigenvalue weighted by Crippen LogP contribution is 2.55. The lowest BCUT2D eigenvalue weighted by molar-refractivity contribution is 0.0481. The van der Waals surface area contributed by atoms with Crippen LogP contribution in [-0.2, 0) is 5.92 Å². The van der Waals surface area contributed by atoms with Crippen LogP contribution in [0, 0.1) is 11.3 Å². The minimum absolute atomic E-state index is 0.0476. The summed E-state index contributed by atoms with van der Waals surface area (Å²) >= 11 is 0. The van der Waals surface area contributed by atoms with Crippen molar-refractivity contribution in [3.05, 3.63) is 95.3 Å². The van der Waals surface area contributed by atoms with Gasteiger partial charge in [0, 0.05) is 28.9 Å². The summed E-state index contributed by atoms with van der Waals surface area (Å²) < 4.78 is 32.2. The van der Waals surface area contributed by atoms with Crippen LogP contribution in [0.15, 0.2) is 72.6 Å². The number of hydrogen-bond acceptors (Lipinski definition) is 4. The second-order valence-electron chi connectivity index (χ2n) is 13.3. The number of nitrogens with one attached hydrogen (secondary N) is 4.